The number of carbonyl (C=O) groups is 1. The molecule has 212 valence electrons. The fourth-order valence-electron chi connectivity index (χ4n) is 5.72. The van der Waals surface area contributed by atoms with Crippen molar-refractivity contribution in [1.29, 1.82) is 0 Å². The molecule has 3 aromatic carbocycles. The van der Waals surface area contributed by atoms with Crippen LogP contribution in [0.1, 0.15) is 30.5 Å². The Balaban J connectivity index is 1.41. The predicted molar refractivity (Wildman–Crippen MR) is 151 cm³/mol. The van der Waals surface area contributed by atoms with Crippen molar-refractivity contribution >= 4 is 5.91 Å². The summed E-state index contributed by atoms with van der Waals surface area (Å²) >= 11 is 0. The molecule has 2 heterocycles. The topological polar surface area (TPSA) is 66.5 Å². The highest BCUT2D eigenvalue weighted by Gasteiger charge is 2.66. The molecule has 5 atom stereocenters. The molecule has 2 saturated heterocycles. The minimum Gasteiger partial charge on any atom is -0.375 e. The summed E-state index contributed by atoms with van der Waals surface area (Å²) in [4.78, 5) is 15.6. The van der Waals surface area contributed by atoms with Gasteiger partial charge in [-0.1, -0.05) is 91.0 Å². The van der Waals surface area contributed by atoms with Crippen LogP contribution in [0, 0.1) is 5.92 Å². The van der Waals surface area contributed by atoms with Crippen molar-refractivity contribution in [2.24, 2.45) is 5.92 Å². The van der Waals surface area contributed by atoms with Crippen molar-refractivity contribution in [3.05, 3.63) is 108 Å². The third-order valence-electron chi connectivity index (χ3n) is 7.55. The lowest BCUT2D eigenvalue weighted by atomic mass is 9.85. The van der Waals surface area contributed by atoms with Gasteiger partial charge in [-0.15, -0.1) is 0 Å². The lowest BCUT2D eigenvalue weighted by Gasteiger charge is -2.48. The molecule has 2 aliphatic heterocycles. The average molecular weight is 546 g/mol. The minimum absolute atomic E-state index is 0.00988. The fraction of sp³-hybridized carbons (Fsp3) is 0.424. The zero-order valence-electron chi connectivity index (χ0n) is 23.3. The zero-order chi connectivity index (χ0) is 27.7. The second-order valence-electron chi connectivity index (χ2n) is 10.1. The summed E-state index contributed by atoms with van der Waals surface area (Å²) in [5.74, 6) is -0.480. The number of benzene rings is 3. The summed E-state index contributed by atoms with van der Waals surface area (Å²) in [6, 6.07) is 29.6. The maximum Gasteiger partial charge on any atom is 0.233 e. The maximum absolute atomic E-state index is 13.7. The van der Waals surface area contributed by atoms with Crippen molar-refractivity contribution in [3.63, 3.8) is 0 Å². The van der Waals surface area contributed by atoms with Gasteiger partial charge in [0, 0.05) is 13.2 Å². The summed E-state index contributed by atoms with van der Waals surface area (Å²) in [6.45, 7) is 6.34. The largest absolute Gasteiger partial charge is 0.375 e. The Morgan fingerprint density at radius 2 is 1.15 bits per heavy atom. The van der Waals surface area contributed by atoms with Crippen LogP contribution in [0.2, 0.25) is 0 Å². The summed E-state index contributed by atoms with van der Waals surface area (Å²) in [7, 11) is 0. The van der Waals surface area contributed by atoms with E-state index in [2.05, 4.69) is 0 Å². The van der Waals surface area contributed by atoms with Gasteiger partial charge in [0.15, 0.2) is 6.29 Å². The third kappa shape index (κ3) is 6.45. The second kappa shape index (κ2) is 14.0. The first-order valence-electron chi connectivity index (χ1n) is 14.2. The number of nitrogens with zero attached hydrogens (tertiary/aromatic N) is 1. The SMILES string of the molecule is CCOC(OCC)[C@@H]1C(=O)N2[C@@H]1[C@H](OCc1ccccc1)[C@@H](OCc1ccccc1)[C@H]2COCc1ccccc1. The van der Waals surface area contributed by atoms with Crippen LogP contribution in [0.4, 0.5) is 0 Å². The molecule has 2 fully saturated rings. The van der Waals surface area contributed by atoms with Crippen LogP contribution in [0.5, 0.6) is 0 Å². The Bertz CT molecular complexity index is 1170. The Labute approximate surface area is 236 Å². The molecule has 0 unspecified atom stereocenters. The van der Waals surface area contributed by atoms with E-state index in [4.69, 9.17) is 23.7 Å². The quantitative estimate of drug-likeness (QED) is 0.198. The highest BCUT2D eigenvalue weighted by molar-refractivity contribution is 5.88. The van der Waals surface area contributed by atoms with E-state index in [-0.39, 0.29) is 30.2 Å². The van der Waals surface area contributed by atoms with Gasteiger partial charge in [-0.05, 0) is 30.5 Å². The van der Waals surface area contributed by atoms with Gasteiger partial charge in [0.25, 0.3) is 0 Å². The molecule has 0 saturated carbocycles. The van der Waals surface area contributed by atoms with E-state index in [1.54, 1.807) is 0 Å². The Hall–Kier alpha value is -3.07. The van der Waals surface area contributed by atoms with Gasteiger partial charge in [0.1, 0.15) is 18.1 Å². The summed E-state index contributed by atoms with van der Waals surface area (Å²) in [5, 5.41) is 0. The molecule has 0 spiro atoms. The number of ether oxygens (including phenoxy) is 5. The van der Waals surface area contributed by atoms with E-state index in [9.17, 15) is 4.79 Å². The Morgan fingerprint density at radius 3 is 1.65 bits per heavy atom. The highest BCUT2D eigenvalue weighted by Crippen LogP contribution is 2.45. The van der Waals surface area contributed by atoms with Crippen LogP contribution in [0.25, 0.3) is 0 Å². The van der Waals surface area contributed by atoms with Gasteiger partial charge >= 0.3 is 0 Å². The molecule has 0 aromatic heterocycles. The molecular formula is C33H39NO6. The first-order valence-corrected chi connectivity index (χ1v) is 14.2. The van der Waals surface area contributed by atoms with Crippen molar-refractivity contribution in [1.82, 2.24) is 4.90 Å². The molecule has 0 bridgehead atoms. The van der Waals surface area contributed by atoms with Gasteiger partial charge in [-0.2, -0.15) is 0 Å². The van der Waals surface area contributed by atoms with Gasteiger partial charge in [-0.25, -0.2) is 0 Å². The zero-order valence-corrected chi connectivity index (χ0v) is 23.3. The number of hydrogen-bond donors (Lipinski definition) is 0. The molecule has 2 aliphatic rings. The monoisotopic (exact) mass is 545 g/mol. The molecule has 1 amide bonds. The third-order valence-corrected chi connectivity index (χ3v) is 7.55. The number of hydrogen-bond acceptors (Lipinski definition) is 6. The Morgan fingerprint density at radius 1 is 0.675 bits per heavy atom. The molecule has 0 radical (unpaired) electrons. The molecule has 7 heteroatoms. The van der Waals surface area contributed by atoms with Crippen LogP contribution in [0.15, 0.2) is 91.0 Å². The van der Waals surface area contributed by atoms with E-state index < -0.39 is 12.2 Å². The number of β-lactam (4-membered cyclic amide) rings is 1. The average Bonchev–Trinajstić information content (AvgIpc) is 3.25. The van der Waals surface area contributed by atoms with E-state index in [0.717, 1.165) is 16.7 Å². The van der Waals surface area contributed by atoms with Crippen LogP contribution in [-0.4, -0.2) is 61.2 Å². The standard InChI is InChI=1S/C33H39NO6/c1-3-37-33(38-4-2)28-29-31(40-22-26-18-12-7-13-19-26)30(39-21-25-16-10-6-11-17-25)27(34(29)32(28)35)23-36-20-24-14-8-5-9-15-24/h5-19,27-31,33H,3-4,20-23H2,1-2H3/t27-,28+,29+,30+,31+/m1/s1. The lowest BCUT2D eigenvalue weighted by molar-refractivity contribution is -0.221. The molecule has 7 nitrogen and oxygen atoms in total. The summed E-state index contributed by atoms with van der Waals surface area (Å²) in [5.41, 5.74) is 3.20. The number of amides is 1. The van der Waals surface area contributed by atoms with Gasteiger partial charge in [0.2, 0.25) is 5.91 Å². The minimum atomic E-state index is -0.634. The van der Waals surface area contributed by atoms with Crippen molar-refractivity contribution in [3.8, 4) is 0 Å². The fourth-order valence-corrected chi connectivity index (χ4v) is 5.72. The Kier molecular flexibility index (Phi) is 9.97. The summed E-state index contributed by atoms with van der Waals surface area (Å²) < 4.78 is 31.3. The van der Waals surface area contributed by atoms with Crippen LogP contribution in [-0.2, 0) is 48.3 Å². The number of fused-ring (bicyclic) bond motifs is 1. The number of rotatable bonds is 15. The van der Waals surface area contributed by atoms with Gasteiger partial charge in [0.05, 0.1) is 38.5 Å². The normalized spacial score (nSPS) is 23.8. The molecule has 0 N–H and O–H groups in total. The molecule has 0 aliphatic carbocycles. The molecule has 40 heavy (non-hydrogen) atoms. The van der Waals surface area contributed by atoms with E-state index in [1.165, 1.54) is 0 Å². The summed E-state index contributed by atoms with van der Waals surface area (Å²) in [6.07, 6.45) is -1.40. The first kappa shape index (κ1) is 28.5. The smallest absolute Gasteiger partial charge is 0.233 e. The molecule has 5 rings (SSSR count). The lowest BCUT2D eigenvalue weighted by Crippen LogP contribution is -2.67. The first-order chi connectivity index (χ1) is 19.7. The highest BCUT2D eigenvalue weighted by atomic mass is 16.7. The van der Waals surface area contributed by atoms with Gasteiger partial charge < -0.3 is 28.6 Å². The molecular weight excluding hydrogens is 506 g/mol. The van der Waals surface area contributed by atoms with Gasteiger partial charge in [-0.3, -0.25) is 4.79 Å². The van der Waals surface area contributed by atoms with E-state index >= 15 is 0 Å². The van der Waals surface area contributed by atoms with E-state index in [0.29, 0.717) is 39.6 Å². The van der Waals surface area contributed by atoms with Crippen LogP contribution < -0.4 is 0 Å². The van der Waals surface area contributed by atoms with Crippen molar-refractivity contribution in [2.75, 3.05) is 19.8 Å². The van der Waals surface area contributed by atoms with Crippen LogP contribution in [0.3, 0.4) is 0 Å². The van der Waals surface area contributed by atoms with E-state index in [1.807, 2.05) is 110 Å². The van der Waals surface area contributed by atoms with Crippen LogP contribution >= 0.6 is 0 Å². The van der Waals surface area contributed by atoms with Crippen molar-refractivity contribution < 1.29 is 28.5 Å². The maximum atomic E-state index is 13.7. The molecule has 3 aromatic rings. The predicted octanol–water partition coefficient (Wildman–Crippen LogP) is 4.98. The van der Waals surface area contributed by atoms with Crippen molar-refractivity contribution in [2.45, 2.75) is 64.2 Å². The number of carbonyl (C=O) groups excluding carboxylic acids is 1. The second-order valence-corrected chi connectivity index (χ2v) is 10.1.